The van der Waals surface area contributed by atoms with E-state index >= 15 is 0 Å². The van der Waals surface area contributed by atoms with Crippen molar-refractivity contribution >= 4 is 17.5 Å². The van der Waals surface area contributed by atoms with Gasteiger partial charge in [0.2, 0.25) is 11.8 Å². The second-order valence-electron chi connectivity index (χ2n) is 8.91. The Bertz CT molecular complexity index is 694. The van der Waals surface area contributed by atoms with Crippen LogP contribution in [0, 0.1) is 12.8 Å². The van der Waals surface area contributed by atoms with E-state index in [1.165, 1.54) is 45.3 Å². The Hall–Kier alpha value is -1.92. The molecular formula is C24H38N4O2. The number of nitrogens with zero attached hydrogens (tertiary/aromatic N) is 3. The molecule has 2 saturated heterocycles. The van der Waals surface area contributed by atoms with Gasteiger partial charge in [0, 0.05) is 18.8 Å². The summed E-state index contributed by atoms with van der Waals surface area (Å²) in [6, 6.07) is 7.72. The molecule has 1 aromatic carbocycles. The third-order valence-electron chi connectivity index (χ3n) is 6.38. The first kappa shape index (κ1) is 22.8. The van der Waals surface area contributed by atoms with Gasteiger partial charge in [-0.2, -0.15) is 0 Å². The minimum Gasteiger partial charge on any atom is -0.332 e. The fourth-order valence-electron chi connectivity index (χ4n) is 4.59. The Kier molecular flexibility index (Phi) is 8.70. The number of rotatable bonds is 9. The molecule has 2 amide bonds. The predicted molar refractivity (Wildman–Crippen MR) is 122 cm³/mol. The number of nitrogens with one attached hydrogen (secondary N) is 1. The van der Waals surface area contributed by atoms with Gasteiger partial charge in [0.15, 0.2) is 0 Å². The van der Waals surface area contributed by atoms with E-state index in [2.05, 4.69) is 15.1 Å². The molecule has 2 heterocycles. The standard InChI is InChI=1S/C24H38N4O2/c1-3-12-28(18-23(29)25-22-9-5-4-8-20(22)2)24(30)19-27-15-10-21(11-16-27)17-26-13-6-7-14-26/h4-5,8-9,21H,3,6-7,10-19H2,1-2H3,(H,25,29). The topological polar surface area (TPSA) is 55.9 Å². The van der Waals surface area contributed by atoms with Gasteiger partial charge in [-0.25, -0.2) is 0 Å². The molecule has 2 fully saturated rings. The molecule has 0 aliphatic carbocycles. The molecule has 1 N–H and O–H groups in total. The Labute approximate surface area is 181 Å². The van der Waals surface area contributed by atoms with Gasteiger partial charge in [0.25, 0.3) is 0 Å². The van der Waals surface area contributed by atoms with Crippen LogP contribution in [0.25, 0.3) is 0 Å². The Balaban J connectivity index is 1.44. The number of anilines is 1. The average Bonchev–Trinajstić information content (AvgIpc) is 3.24. The van der Waals surface area contributed by atoms with Crippen molar-refractivity contribution in [2.24, 2.45) is 5.92 Å². The monoisotopic (exact) mass is 414 g/mol. The quantitative estimate of drug-likeness (QED) is 0.675. The molecule has 0 bridgehead atoms. The SMILES string of the molecule is CCCN(CC(=O)Nc1ccccc1C)C(=O)CN1CCC(CN2CCCC2)CC1. The Morgan fingerprint density at radius 2 is 1.77 bits per heavy atom. The number of carbonyl (C=O) groups excluding carboxylic acids is 2. The van der Waals surface area contributed by atoms with Gasteiger partial charge in [-0.3, -0.25) is 14.5 Å². The summed E-state index contributed by atoms with van der Waals surface area (Å²) in [5.41, 5.74) is 1.84. The third-order valence-corrected chi connectivity index (χ3v) is 6.38. The van der Waals surface area contributed by atoms with Crippen LogP contribution in [0.15, 0.2) is 24.3 Å². The summed E-state index contributed by atoms with van der Waals surface area (Å²) in [4.78, 5) is 32.0. The molecule has 0 spiro atoms. The van der Waals surface area contributed by atoms with Crippen LogP contribution in [-0.2, 0) is 9.59 Å². The summed E-state index contributed by atoms with van der Waals surface area (Å²) in [5.74, 6) is 0.700. The van der Waals surface area contributed by atoms with E-state index in [4.69, 9.17) is 0 Å². The lowest BCUT2D eigenvalue weighted by Gasteiger charge is -2.34. The summed E-state index contributed by atoms with van der Waals surface area (Å²) in [7, 11) is 0. The van der Waals surface area contributed by atoms with E-state index in [1.807, 2.05) is 38.1 Å². The van der Waals surface area contributed by atoms with Crippen LogP contribution >= 0.6 is 0 Å². The fourth-order valence-corrected chi connectivity index (χ4v) is 4.59. The van der Waals surface area contributed by atoms with Gasteiger partial charge in [-0.15, -0.1) is 0 Å². The Morgan fingerprint density at radius 1 is 1.07 bits per heavy atom. The van der Waals surface area contributed by atoms with Crippen LogP contribution in [0.4, 0.5) is 5.69 Å². The molecule has 2 aliphatic rings. The summed E-state index contributed by atoms with van der Waals surface area (Å²) in [6.07, 6.45) is 5.88. The minimum absolute atomic E-state index is 0.0646. The van der Waals surface area contributed by atoms with E-state index in [0.717, 1.165) is 36.7 Å². The van der Waals surface area contributed by atoms with Gasteiger partial charge >= 0.3 is 0 Å². The molecule has 0 saturated carbocycles. The summed E-state index contributed by atoms with van der Waals surface area (Å²) in [5, 5.41) is 2.95. The number of para-hydroxylation sites is 1. The van der Waals surface area contributed by atoms with Crippen LogP contribution in [0.3, 0.4) is 0 Å². The number of amides is 2. The molecular weight excluding hydrogens is 376 g/mol. The van der Waals surface area contributed by atoms with E-state index in [9.17, 15) is 9.59 Å². The zero-order valence-corrected chi connectivity index (χ0v) is 18.7. The summed E-state index contributed by atoms with van der Waals surface area (Å²) < 4.78 is 0. The number of likely N-dealkylation sites (tertiary alicyclic amines) is 2. The lowest BCUT2D eigenvalue weighted by atomic mass is 9.96. The van der Waals surface area contributed by atoms with Crippen LogP contribution < -0.4 is 5.32 Å². The molecule has 0 radical (unpaired) electrons. The van der Waals surface area contributed by atoms with Crippen molar-refractivity contribution in [1.82, 2.24) is 14.7 Å². The zero-order valence-electron chi connectivity index (χ0n) is 18.7. The summed E-state index contributed by atoms with van der Waals surface area (Å²) >= 11 is 0. The van der Waals surface area contributed by atoms with Crippen LogP contribution in [-0.4, -0.2) is 78.9 Å². The van der Waals surface area contributed by atoms with Crippen LogP contribution in [0.1, 0.15) is 44.6 Å². The van der Waals surface area contributed by atoms with Crippen molar-refractivity contribution < 1.29 is 9.59 Å². The van der Waals surface area contributed by atoms with E-state index in [0.29, 0.717) is 13.1 Å². The largest absolute Gasteiger partial charge is 0.332 e. The van der Waals surface area contributed by atoms with Gasteiger partial charge in [0.1, 0.15) is 0 Å². The number of benzene rings is 1. The molecule has 2 aliphatic heterocycles. The first-order chi connectivity index (χ1) is 14.5. The van der Waals surface area contributed by atoms with Crippen molar-refractivity contribution in [2.75, 3.05) is 57.7 Å². The molecule has 6 nitrogen and oxygen atoms in total. The van der Waals surface area contributed by atoms with Crippen molar-refractivity contribution in [2.45, 2.75) is 46.0 Å². The van der Waals surface area contributed by atoms with Crippen LogP contribution in [0.2, 0.25) is 0 Å². The van der Waals surface area contributed by atoms with Gasteiger partial charge in [-0.05, 0) is 82.8 Å². The van der Waals surface area contributed by atoms with Crippen LogP contribution in [0.5, 0.6) is 0 Å². The Morgan fingerprint density at radius 3 is 2.43 bits per heavy atom. The van der Waals surface area contributed by atoms with E-state index in [1.54, 1.807) is 4.90 Å². The zero-order chi connectivity index (χ0) is 21.3. The fraction of sp³-hybridized carbons (Fsp3) is 0.667. The van der Waals surface area contributed by atoms with E-state index in [-0.39, 0.29) is 18.4 Å². The number of hydrogen-bond donors (Lipinski definition) is 1. The first-order valence-corrected chi connectivity index (χ1v) is 11.6. The van der Waals surface area contributed by atoms with Crippen molar-refractivity contribution in [3.63, 3.8) is 0 Å². The van der Waals surface area contributed by atoms with Gasteiger partial charge in [-0.1, -0.05) is 25.1 Å². The first-order valence-electron chi connectivity index (χ1n) is 11.6. The molecule has 0 atom stereocenters. The minimum atomic E-state index is -0.129. The number of piperidine rings is 1. The molecule has 1 aromatic rings. The van der Waals surface area contributed by atoms with Gasteiger partial charge in [0.05, 0.1) is 13.1 Å². The highest BCUT2D eigenvalue weighted by Crippen LogP contribution is 2.20. The number of carbonyl (C=O) groups is 2. The lowest BCUT2D eigenvalue weighted by molar-refractivity contribution is -0.136. The number of hydrogen-bond acceptors (Lipinski definition) is 4. The maximum Gasteiger partial charge on any atom is 0.244 e. The smallest absolute Gasteiger partial charge is 0.244 e. The highest BCUT2D eigenvalue weighted by molar-refractivity contribution is 5.95. The lowest BCUT2D eigenvalue weighted by Crippen LogP contribution is -2.46. The van der Waals surface area contributed by atoms with Crippen molar-refractivity contribution in [1.29, 1.82) is 0 Å². The number of aryl methyl sites for hydroxylation is 1. The highest BCUT2D eigenvalue weighted by atomic mass is 16.2. The van der Waals surface area contributed by atoms with Crippen molar-refractivity contribution in [3.05, 3.63) is 29.8 Å². The van der Waals surface area contributed by atoms with Crippen molar-refractivity contribution in [3.8, 4) is 0 Å². The third kappa shape index (κ3) is 6.81. The normalized spacial score (nSPS) is 18.5. The second-order valence-corrected chi connectivity index (χ2v) is 8.91. The highest BCUT2D eigenvalue weighted by Gasteiger charge is 2.25. The molecule has 0 unspecified atom stereocenters. The van der Waals surface area contributed by atoms with Gasteiger partial charge < -0.3 is 15.1 Å². The molecule has 6 heteroatoms. The molecule has 3 rings (SSSR count). The maximum absolute atomic E-state index is 12.9. The summed E-state index contributed by atoms with van der Waals surface area (Å²) in [6.45, 7) is 10.9. The second kappa shape index (κ2) is 11.5. The predicted octanol–water partition coefficient (Wildman–Crippen LogP) is 2.98. The maximum atomic E-state index is 12.9. The van der Waals surface area contributed by atoms with E-state index < -0.39 is 0 Å². The molecule has 166 valence electrons. The molecule has 30 heavy (non-hydrogen) atoms. The average molecular weight is 415 g/mol. The molecule has 0 aromatic heterocycles.